The highest BCUT2D eigenvalue weighted by atomic mass is 32.2. The highest BCUT2D eigenvalue weighted by Gasteiger charge is 2.51. The second-order valence-electron chi connectivity index (χ2n) is 7.75. The van der Waals surface area contributed by atoms with Gasteiger partial charge in [0.2, 0.25) is 5.91 Å². The summed E-state index contributed by atoms with van der Waals surface area (Å²) in [5.41, 5.74) is 2.70. The summed E-state index contributed by atoms with van der Waals surface area (Å²) < 4.78 is 0. The van der Waals surface area contributed by atoms with E-state index in [0.717, 1.165) is 41.3 Å². The molecule has 0 radical (unpaired) electrons. The maximum Gasteiger partial charge on any atom is 0.230 e. The molecule has 5 rings (SSSR count). The lowest BCUT2D eigenvalue weighted by Gasteiger charge is -2.38. The van der Waals surface area contributed by atoms with Crippen LogP contribution in [0.15, 0.2) is 29.4 Å². The van der Waals surface area contributed by atoms with Crippen molar-refractivity contribution in [3.63, 3.8) is 0 Å². The highest BCUT2D eigenvalue weighted by Crippen LogP contribution is 2.48. The number of hydrogen-bond acceptors (Lipinski definition) is 6. The molecule has 1 saturated carbocycles. The standard InChI is InChI=1S/C19H22N4O2S2/c24-18(13-4-16(27-9-13)14-7-21-22-8-14)23-3-1-2-12-5-19(25,6-15(12)23)17-10-26-11-20-17/h4,7-8,10-13,15,25H,1-3,5-6,9H2,(H,21,22). The first-order valence-corrected chi connectivity index (χ1v) is 11.3. The topological polar surface area (TPSA) is 82.1 Å². The number of aromatic nitrogens is 3. The van der Waals surface area contributed by atoms with Crippen LogP contribution in [0, 0.1) is 11.8 Å². The quantitative estimate of drug-likeness (QED) is 0.825. The number of thiazole rings is 1. The van der Waals surface area contributed by atoms with E-state index in [0.29, 0.717) is 18.8 Å². The second-order valence-corrected chi connectivity index (χ2v) is 9.53. The molecule has 0 spiro atoms. The number of nitrogens with zero attached hydrogens (tertiary/aromatic N) is 3. The molecule has 27 heavy (non-hydrogen) atoms. The lowest BCUT2D eigenvalue weighted by Crippen LogP contribution is -2.48. The van der Waals surface area contributed by atoms with Crippen LogP contribution in [0.2, 0.25) is 0 Å². The van der Waals surface area contributed by atoms with Gasteiger partial charge in [-0.1, -0.05) is 6.08 Å². The molecule has 6 nitrogen and oxygen atoms in total. The molecule has 2 aliphatic heterocycles. The van der Waals surface area contributed by atoms with Crippen molar-refractivity contribution in [1.82, 2.24) is 20.1 Å². The van der Waals surface area contributed by atoms with Crippen molar-refractivity contribution in [2.24, 2.45) is 11.8 Å². The van der Waals surface area contributed by atoms with Crippen LogP contribution in [-0.2, 0) is 10.4 Å². The first-order chi connectivity index (χ1) is 13.1. The number of carbonyl (C=O) groups is 1. The minimum absolute atomic E-state index is 0.0911. The Morgan fingerprint density at radius 2 is 2.33 bits per heavy atom. The van der Waals surface area contributed by atoms with E-state index < -0.39 is 5.60 Å². The van der Waals surface area contributed by atoms with Gasteiger partial charge in [-0.05, 0) is 25.2 Å². The van der Waals surface area contributed by atoms with Gasteiger partial charge in [0.1, 0.15) is 5.60 Å². The highest BCUT2D eigenvalue weighted by molar-refractivity contribution is 8.08. The Labute approximate surface area is 166 Å². The van der Waals surface area contributed by atoms with E-state index in [9.17, 15) is 9.90 Å². The number of H-pyrrole nitrogens is 1. The van der Waals surface area contributed by atoms with E-state index >= 15 is 0 Å². The zero-order valence-electron chi connectivity index (χ0n) is 14.9. The van der Waals surface area contributed by atoms with E-state index in [2.05, 4.69) is 26.2 Å². The summed E-state index contributed by atoms with van der Waals surface area (Å²) in [6.07, 6.45) is 9.16. The van der Waals surface area contributed by atoms with Gasteiger partial charge >= 0.3 is 0 Å². The Hall–Kier alpha value is -1.64. The number of hydrogen-bond donors (Lipinski definition) is 2. The monoisotopic (exact) mass is 402 g/mol. The van der Waals surface area contributed by atoms with Crippen LogP contribution in [0.5, 0.6) is 0 Å². The SMILES string of the molecule is O=C(C1C=C(c2cn[nH]c2)SC1)N1CCCC2CC(O)(c3cscn3)CC21. The third kappa shape index (κ3) is 3.03. The third-order valence-corrected chi connectivity index (χ3v) is 7.92. The Morgan fingerprint density at radius 1 is 1.41 bits per heavy atom. The lowest BCUT2D eigenvalue weighted by molar-refractivity contribution is -0.138. The van der Waals surface area contributed by atoms with Gasteiger partial charge in [0.15, 0.2) is 0 Å². The summed E-state index contributed by atoms with van der Waals surface area (Å²) in [6, 6.07) is 0.120. The fourth-order valence-electron chi connectivity index (χ4n) is 4.82. The fraction of sp³-hybridized carbons (Fsp3) is 0.526. The number of fused-ring (bicyclic) bond motifs is 1. The number of carbonyl (C=O) groups excluding carboxylic acids is 1. The fourth-order valence-corrected chi connectivity index (χ4v) is 6.60. The predicted molar refractivity (Wildman–Crippen MR) is 106 cm³/mol. The van der Waals surface area contributed by atoms with Crippen molar-refractivity contribution >= 4 is 33.9 Å². The van der Waals surface area contributed by atoms with E-state index in [4.69, 9.17) is 0 Å². The predicted octanol–water partition coefficient (Wildman–Crippen LogP) is 2.86. The molecule has 1 saturated heterocycles. The van der Waals surface area contributed by atoms with Crippen LogP contribution >= 0.6 is 23.1 Å². The molecular formula is C19H22N4O2S2. The molecule has 0 bridgehead atoms. The molecule has 142 valence electrons. The Bertz CT molecular complexity index is 851. The van der Waals surface area contributed by atoms with Gasteiger partial charge in [-0.25, -0.2) is 4.98 Å². The Morgan fingerprint density at radius 3 is 3.11 bits per heavy atom. The number of rotatable bonds is 3. The van der Waals surface area contributed by atoms with Crippen LogP contribution in [0.3, 0.4) is 0 Å². The number of aromatic amines is 1. The van der Waals surface area contributed by atoms with Gasteiger partial charge in [0, 0.05) is 46.8 Å². The third-order valence-electron chi connectivity index (χ3n) is 6.13. The Balaban J connectivity index is 1.35. The summed E-state index contributed by atoms with van der Waals surface area (Å²) in [5.74, 6) is 1.26. The number of likely N-dealkylation sites (tertiary alicyclic amines) is 1. The summed E-state index contributed by atoms with van der Waals surface area (Å²) in [7, 11) is 0. The van der Waals surface area contributed by atoms with Crippen molar-refractivity contribution in [3.8, 4) is 0 Å². The maximum absolute atomic E-state index is 13.3. The average molecular weight is 403 g/mol. The zero-order valence-corrected chi connectivity index (χ0v) is 16.5. The van der Waals surface area contributed by atoms with Crippen molar-refractivity contribution in [3.05, 3.63) is 40.6 Å². The van der Waals surface area contributed by atoms with Gasteiger partial charge in [-0.3, -0.25) is 9.89 Å². The number of piperidine rings is 1. The molecule has 4 atom stereocenters. The molecule has 4 unspecified atom stereocenters. The minimum atomic E-state index is -0.888. The van der Waals surface area contributed by atoms with E-state index in [1.165, 1.54) is 11.3 Å². The molecule has 4 heterocycles. The van der Waals surface area contributed by atoms with Crippen molar-refractivity contribution < 1.29 is 9.90 Å². The van der Waals surface area contributed by atoms with Crippen molar-refractivity contribution in [2.45, 2.75) is 37.3 Å². The first kappa shape index (κ1) is 17.5. The molecule has 0 aromatic carbocycles. The number of aliphatic hydroxyl groups is 1. The van der Waals surface area contributed by atoms with Crippen LogP contribution < -0.4 is 0 Å². The summed E-state index contributed by atoms with van der Waals surface area (Å²) in [5, 5.41) is 20.0. The van der Waals surface area contributed by atoms with Crippen LogP contribution in [0.1, 0.15) is 36.9 Å². The second kappa shape index (κ2) is 6.76. The summed E-state index contributed by atoms with van der Waals surface area (Å²) in [6.45, 7) is 0.795. The molecule has 2 aromatic rings. The van der Waals surface area contributed by atoms with Crippen molar-refractivity contribution in [2.75, 3.05) is 12.3 Å². The van der Waals surface area contributed by atoms with Gasteiger partial charge in [-0.2, -0.15) is 5.10 Å². The summed E-state index contributed by atoms with van der Waals surface area (Å²) >= 11 is 3.23. The molecule has 1 aliphatic carbocycles. The maximum atomic E-state index is 13.3. The minimum Gasteiger partial charge on any atom is -0.383 e. The van der Waals surface area contributed by atoms with Gasteiger partial charge < -0.3 is 10.0 Å². The van der Waals surface area contributed by atoms with Gasteiger partial charge in [-0.15, -0.1) is 23.1 Å². The molecule has 2 aromatic heterocycles. The molecule has 3 aliphatic rings. The largest absolute Gasteiger partial charge is 0.383 e. The van der Waals surface area contributed by atoms with Crippen LogP contribution in [0.4, 0.5) is 0 Å². The number of thioether (sulfide) groups is 1. The van der Waals surface area contributed by atoms with Gasteiger partial charge in [0.25, 0.3) is 0 Å². The van der Waals surface area contributed by atoms with E-state index in [-0.39, 0.29) is 17.9 Å². The molecule has 8 heteroatoms. The van der Waals surface area contributed by atoms with Crippen LogP contribution in [-0.4, -0.2) is 49.4 Å². The normalized spacial score (nSPS) is 33.1. The molecule has 1 amide bonds. The first-order valence-electron chi connectivity index (χ1n) is 9.39. The molecule has 2 fully saturated rings. The van der Waals surface area contributed by atoms with Crippen molar-refractivity contribution in [1.29, 1.82) is 0 Å². The summed E-state index contributed by atoms with van der Waals surface area (Å²) in [4.78, 5) is 20.8. The average Bonchev–Trinajstić information content (AvgIpc) is 3.47. The van der Waals surface area contributed by atoms with Crippen LogP contribution in [0.25, 0.3) is 4.91 Å². The molecule has 2 N–H and O–H groups in total. The number of amides is 1. The number of nitrogens with one attached hydrogen (secondary N) is 1. The van der Waals surface area contributed by atoms with Gasteiger partial charge in [0.05, 0.1) is 23.3 Å². The van der Waals surface area contributed by atoms with E-state index in [1.807, 2.05) is 11.6 Å². The Kier molecular flexibility index (Phi) is 4.37. The zero-order chi connectivity index (χ0) is 18.4. The van der Waals surface area contributed by atoms with E-state index in [1.54, 1.807) is 23.5 Å². The molecular weight excluding hydrogens is 380 g/mol. The smallest absolute Gasteiger partial charge is 0.230 e. The lowest BCUT2D eigenvalue weighted by atomic mass is 9.90.